The Balaban J connectivity index is 2.06. The summed E-state index contributed by atoms with van der Waals surface area (Å²) in [7, 11) is 0. The lowest BCUT2D eigenvalue weighted by molar-refractivity contribution is 0.0746. The van der Waals surface area contributed by atoms with E-state index >= 15 is 0 Å². The van der Waals surface area contributed by atoms with Crippen LogP contribution in [-0.4, -0.2) is 29.7 Å². The van der Waals surface area contributed by atoms with Crippen LogP contribution in [0.2, 0.25) is 0 Å². The highest BCUT2D eigenvalue weighted by atomic mass is 16.5. The first-order valence-electron chi connectivity index (χ1n) is 14.0. The second-order valence-corrected chi connectivity index (χ2v) is 13.1. The maximum absolute atomic E-state index is 13.3. The van der Waals surface area contributed by atoms with Crippen LogP contribution in [0.4, 0.5) is 0 Å². The largest absolute Gasteiger partial charge is 0.377 e. The molecule has 0 radical (unpaired) electrons. The van der Waals surface area contributed by atoms with Crippen molar-refractivity contribution in [3.8, 4) is 11.3 Å². The molecule has 2 aromatic rings. The number of ether oxygens (including phenoxy) is 1. The lowest BCUT2D eigenvalue weighted by Gasteiger charge is -2.27. The van der Waals surface area contributed by atoms with Crippen molar-refractivity contribution < 1.29 is 9.53 Å². The minimum absolute atomic E-state index is 0.00785. The molecule has 4 heteroatoms. The van der Waals surface area contributed by atoms with Gasteiger partial charge in [-0.3, -0.25) is 4.79 Å². The lowest BCUT2D eigenvalue weighted by atomic mass is 9.79. The molecule has 0 atom stereocenters. The molecule has 0 unspecified atom stereocenters. The van der Waals surface area contributed by atoms with Crippen molar-refractivity contribution in [3.63, 3.8) is 0 Å². The molecule has 1 aromatic heterocycles. The van der Waals surface area contributed by atoms with Crippen LogP contribution in [0.3, 0.4) is 0 Å². The number of nitrogens with zero attached hydrogens (tertiary/aromatic N) is 1. The second kappa shape index (κ2) is 11.5. The summed E-state index contributed by atoms with van der Waals surface area (Å²) >= 11 is 0. The topological polar surface area (TPSA) is 43.3 Å². The molecule has 0 bridgehead atoms. The Bertz CT molecular complexity index is 995. The van der Waals surface area contributed by atoms with Gasteiger partial charge in [0, 0.05) is 24.5 Å². The second-order valence-electron chi connectivity index (χ2n) is 13.1. The van der Waals surface area contributed by atoms with Gasteiger partial charge in [-0.2, -0.15) is 0 Å². The van der Waals surface area contributed by atoms with E-state index in [1.165, 1.54) is 54.5 Å². The van der Waals surface area contributed by atoms with E-state index in [2.05, 4.69) is 82.6 Å². The Morgan fingerprint density at radius 2 is 1.56 bits per heavy atom. The molecule has 4 nitrogen and oxygen atoms in total. The fourth-order valence-electron chi connectivity index (χ4n) is 5.17. The maximum atomic E-state index is 13.3. The number of rotatable bonds is 8. The first-order valence-corrected chi connectivity index (χ1v) is 14.0. The van der Waals surface area contributed by atoms with Crippen molar-refractivity contribution in [1.29, 1.82) is 0 Å². The van der Waals surface area contributed by atoms with Gasteiger partial charge in [0.05, 0.1) is 18.3 Å². The van der Waals surface area contributed by atoms with Gasteiger partial charge in [-0.25, -0.2) is 0 Å². The molecule has 1 aromatic carbocycles. The molecule has 3 rings (SSSR count). The van der Waals surface area contributed by atoms with Crippen molar-refractivity contribution in [2.24, 2.45) is 5.92 Å². The van der Waals surface area contributed by atoms with Gasteiger partial charge in [-0.1, -0.05) is 66.9 Å². The van der Waals surface area contributed by atoms with Crippen LogP contribution in [0.15, 0.2) is 24.3 Å². The van der Waals surface area contributed by atoms with Gasteiger partial charge in [-0.15, -0.1) is 0 Å². The molecule has 0 spiro atoms. The quantitative estimate of drug-likeness (QED) is 0.381. The fraction of sp³-hybridized carbons (Fsp3) is 0.656. The summed E-state index contributed by atoms with van der Waals surface area (Å²) in [5.41, 5.74) is 6.99. The number of benzene rings is 1. The van der Waals surface area contributed by atoms with Crippen LogP contribution in [0.1, 0.15) is 115 Å². The first-order chi connectivity index (χ1) is 16.8. The Labute approximate surface area is 220 Å². The van der Waals surface area contributed by atoms with E-state index in [-0.39, 0.29) is 22.8 Å². The molecule has 1 aliphatic rings. The molecule has 200 valence electrons. The molecular formula is C32H50N2O2. The Hall–Kier alpha value is -2.07. The van der Waals surface area contributed by atoms with Gasteiger partial charge in [0.15, 0.2) is 0 Å². The van der Waals surface area contributed by atoms with Crippen molar-refractivity contribution in [2.75, 3.05) is 13.2 Å². The SMILES string of the molecule is Cc1c(C(=O)NCCOC(C)C)cc(-c2cc(C(C)(C)C)cc(C(C)(C)C)c2)n1CC1CCCCC1. The molecule has 0 aliphatic heterocycles. The number of hydrogen-bond acceptors (Lipinski definition) is 2. The van der Waals surface area contributed by atoms with Crippen LogP contribution >= 0.6 is 0 Å². The highest BCUT2D eigenvalue weighted by molar-refractivity contribution is 5.97. The highest BCUT2D eigenvalue weighted by Crippen LogP contribution is 2.36. The molecule has 36 heavy (non-hydrogen) atoms. The fourth-order valence-corrected chi connectivity index (χ4v) is 5.17. The first kappa shape index (κ1) is 28.5. The third-order valence-corrected chi connectivity index (χ3v) is 7.58. The van der Waals surface area contributed by atoms with E-state index in [4.69, 9.17) is 4.74 Å². The van der Waals surface area contributed by atoms with Crippen LogP contribution in [0.25, 0.3) is 11.3 Å². The van der Waals surface area contributed by atoms with Crippen LogP contribution in [-0.2, 0) is 22.1 Å². The average molecular weight is 495 g/mol. The zero-order chi connectivity index (χ0) is 26.7. The van der Waals surface area contributed by atoms with Crippen molar-refractivity contribution in [1.82, 2.24) is 9.88 Å². The molecule has 1 fully saturated rings. The van der Waals surface area contributed by atoms with Crippen LogP contribution in [0, 0.1) is 12.8 Å². The Kier molecular flexibility index (Phi) is 9.14. The summed E-state index contributed by atoms with van der Waals surface area (Å²) in [4.78, 5) is 13.3. The van der Waals surface area contributed by atoms with Gasteiger partial charge in [0.25, 0.3) is 5.91 Å². The normalized spacial score (nSPS) is 15.5. The smallest absolute Gasteiger partial charge is 0.253 e. The summed E-state index contributed by atoms with van der Waals surface area (Å²) in [6.07, 6.45) is 6.71. The van der Waals surface area contributed by atoms with Crippen molar-refractivity contribution >= 4 is 5.91 Å². The average Bonchev–Trinajstić information content (AvgIpc) is 3.12. The third kappa shape index (κ3) is 7.25. The van der Waals surface area contributed by atoms with Gasteiger partial charge >= 0.3 is 0 Å². The van der Waals surface area contributed by atoms with Gasteiger partial charge < -0.3 is 14.6 Å². The Morgan fingerprint density at radius 1 is 0.972 bits per heavy atom. The maximum Gasteiger partial charge on any atom is 0.253 e. The number of hydrogen-bond donors (Lipinski definition) is 1. The summed E-state index contributed by atoms with van der Waals surface area (Å²) in [6.45, 7) is 21.9. The van der Waals surface area contributed by atoms with Crippen molar-refractivity contribution in [2.45, 2.75) is 118 Å². The molecule has 1 N–H and O–H groups in total. The Morgan fingerprint density at radius 3 is 2.08 bits per heavy atom. The van der Waals surface area contributed by atoms with Gasteiger partial charge in [0.1, 0.15) is 0 Å². The number of aromatic nitrogens is 1. The molecule has 0 saturated heterocycles. The van der Waals surface area contributed by atoms with Gasteiger partial charge in [0.2, 0.25) is 0 Å². The van der Waals surface area contributed by atoms with Crippen molar-refractivity contribution in [3.05, 3.63) is 46.6 Å². The minimum atomic E-state index is -0.00785. The summed E-state index contributed by atoms with van der Waals surface area (Å²) in [5, 5.41) is 3.08. The minimum Gasteiger partial charge on any atom is -0.377 e. The molecular weight excluding hydrogens is 444 g/mol. The predicted molar refractivity (Wildman–Crippen MR) is 152 cm³/mol. The molecule has 1 heterocycles. The highest BCUT2D eigenvalue weighted by Gasteiger charge is 2.25. The zero-order valence-corrected chi connectivity index (χ0v) is 24.4. The van der Waals surface area contributed by atoms with E-state index in [0.29, 0.717) is 19.1 Å². The lowest BCUT2D eigenvalue weighted by Crippen LogP contribution is -2.28. The van der Waals surface area contributed by atoms with E-state index in [9.17, 15) is 4.79 Å². The number of amides is 1. The predicted octanol–water partition coefficient (Wildman–Crippen LogP) is 7.79. The number of carbonyl (C=O) groups is 1. The van der Waals surface area contributed by atoms with Crippen LogP contribution < -0.4 is 5.32 Å². The standard InChI is InChI=1S/C32H50N2O2/c1-22(2)36-16-15-33-30(35)28-20-29(34(23(28)3)21-24-13-11-10-12-14-24)25-17-26(31(4,5)6)19-27(18-25)32(7,8)9/h17-20,22,24H,10-16,21H2,1-9H3,(H,33,35). The van der Waals surface area contributed by atoms with Gasteiger partial charge in [-0.05, 0) is 85.3 Å². The molecule has 1 amide bonds. The zero-order valence-electron chi connectivity index (χ0n) is 24.4. The number of nitrogens with one attached hydrogen (secondary N) is 1. The van der Waals surface area contributed by atoms with E-state index in [1.807, 2.05) is 13.8 Å². The molecule has 1 saturated carbocycles. The monoisotopic (exact) mass is 494 g/mol. The van der Waals surface area contributed by atoms with E-state index < -0.39 is 0 Å². The summed E-state index contributed by atoms with van der Waals surface area (Å²) in [6, 6.07) is 9.19. The summed E-state index contributed by atoms with van der Waals surface area (Å²) < 4.78 is 8.06. The third-order valence-electron chi connectivity index (χ3n) is 7.58. The summed E-state index contributed by atoms with van der Waals surface area (Å²) in [5.74, 6) is 0.665. The molecule has 1 aliphatic carbocycles. The van der Waals surface area contributed by atoms with E-state index in [0.717, 1.165) is 17.8 Å². The van der Waals surface area contributed by atoms with Crippen LogP contribution in [0.5, 0.6) is 0 Å². The van der Waals surface area contributed by atoms with E-state index in [1.54, 1.807) is 0 Å². The number of carbonyl (C=O) groups excluding carboxylic acids is 1.